The van der Waals surface area contributed by atoms with Gasteiger partial charge in [0.2, 0.25) is 5.91 Å². The van der Waals surface area contributed by atoms with Crippen LogP contribution in [0.25, 0.3) is 21.0 Å². The molecular formula is C26H25N3O2S. The third kappa shape index (κ3) is 3.65. The number of carbonyl (C=O) groups excluding carboxylic acids is 2. The molecule has 162 valence electrons. The molecule has 0 bridgehead atoms. The largest absolute Gasteiger partial charge is 0.342 e. The van der Waals surface area contributed by atoms with Crippen LogP contribution in [0.15, 0.2) is 60.8 Å². The van der Waals surface area contributed by atoms with Crippen molar-refractivity contribution in [2.24, 2.45) is 0 Å². The summed E-state index contributed by atoms with van der Waals surface area (Å²) in [6, 6.07) is 18.2. The van der Waals surface area contributed by atoms with Crippen LogP contribution in [0.2, 0.25) is 0 Å². The van der Waals surface area contributed by atoms with Crippen molar-refractivity contribution in [2.45, 2.75) is 25.8 Å². The van der Waals surface area contributed by atoms with Crippen molar-refractivity contribution < 1.29 is 9.59 Å². The second kappa shape index (κ2) is 8.36. The number of benzene rings is 2. The Hall–Kier alpha value is -3.25. The summed E-state index contributed by atoms with van der Waals surface area (Å²) < 4.78 is 1.12. The van der Waals surface area contributed by atoms with Crippen molar-refractivity contribution in [3.8, 4) is 0 Å². The van der Waals surface area contributed by atoms with Crippen molar-refractivity contribution in [1.82, 2.24) is 14.8 Å². The topological polar surface area (TPSA) is 53.5 Å². The number of likely N-dealkylation sites (tertiary alicyclic amines) is 1. The van der Waals surface area contributed by atoms with Crippen molar-refractivity contribution in [3.05, 3.63) is 76.8 Å². The summed E-state index contributed by atoms with van der Waals surface area (Å²) >= 11 is 1.56. The van der Waals surface area contributed by atoms with Crippen LogP contribution in [0.3, 0.4) is 0 Å². The van der Waals surface area contributed by atoms with E-state index in [-0.39, 0.29) is 17.7 Å². The van der Waals surface area contributed by atoms with Crippen molar-refractivity contribution in [1.29, 1.82) is 0 Å². The molecule has 4 aromatic rings. The molecule has 1 fully saturated rings. The first-order valence-electron chi connectivity index (χ1n) is 10.9. The summed E-state index contributed by atoms with van der Waals surface area (Å²) in [5, 5.41) is 2.21. The maximum absolute atomic E-state index is 13.7. The average Bonchev–Trinajstić information content (AvgIpc) is 3.43. The Labute approximate surface area is 191 Å². The van der Waals surface area contributed by atoms with E-state index in [2.05, 4.69) is 29.2 Å². The lowest BCUT2D eigenvalue weighted by atomic mass is 9.94. The molecule has 2 amide bonds. The van der Waals surface area contributed by atoms with Gasteiger partial charge in [0.25, 0.3) is 5.91 Å². The molecule has 2 aromatic heterocycles. The van der Waals surface area contributed by atoms with E-state index in [1.54, 1.807) is 29.4 Å². The molecule has 0 N–H and O–H groups in total. The summed E-state index contributed by atoms with van der Waals surface area (Å²) in [5.41, 5.74) is 3.12. The third-order valence-electron chi connectivity index (χ3n) is 6.36. The van der Waals surface area contributed by atoms with Crippen LogP contribution in [-0.4, -0.2) is 46.7 Å². The molecule has 1 unspecified atom stereocenters. The molecule has 6 heteroatoms. The molecule has 2 aromatic carbocycles. The SMILES string of the molecule is CC(=O)N1CCC(c2c(C(=O)N(C)Cc3cccc4ncccc34)sc3ccccc23)C1. The second-order valence-corrected chi connectivity index (χ2v) is 9.49. The minimum Gasteiger partial charge on any atom is -0.342 e. The fourth-order valence-corrected chi connectivity index (χ4v) is 6.00. The van der Waals surface area contributed by atoms with E-state index in [0.717, 1.165) is 50.0 Å². The smallest absolute Gasteiger partial charge is 0.264 e. The summed E-state index contributed by atoms with van der Waals surface area (Å²) in [6.07, 6.45) is 2.68. The molecule has 32 heavy (non-hydrogen) atoms. The molecular weight excluding hydrogens is 418 g/mol. The lowest BCUT2D eigenvalue weighted by molar-refractivity contribution is -0.127. The van der Waals surface area contributed by atoms with E-state index >= 15 is 0 Å². The number of fused-ring (bicyclic) bond motifs is 2. The van der Waals surface area contributed by atoms with E-state index in [9.17, 15) is 9.59 Å². The van der Waals surface area contributed by atoms with Gasteiger partial charge >= 0.3 is 0 Å². The molecule has 5 rings (SSSR count). The normalized spacial score (nSPS) is 16.1. The van der Waals surface area contributed by atoms with Crippen LogP contribution in [0.4, 0.5) is 0 Å². The third-order valence-corrected chi connectivity index (χ3v) is 7.53. The molecule has 0 aliphatic carbocycles. The minimum absolute atomic E-state index is 0.0309. The predicted molar refractivity (Wildman–Crippen MR) is 129 cm³/mol. The van der Waals surface area contributed by atoms with E-state index in [4.69, 9.17) is 0 Å². The lowest BCUT2D eigenvalue weighted by Crippen LogP contribution is -2.27. The van der Waals surface area contributed by atoms with Gasteiger partial charge in [0.1, 0.15) is 0 Å². The van der Waals surface area contributed by atoms with Gasteiger partial charge in [-0.3, -0.25) is 14.6 Å². The van der Waals surface area contributed by atoms with E-state index in [0.29, 0.717) is 13.1 Å². The maximum atomic E-state index is 13.7. The molecule has 3 heterocycles. The number of amides is 2. The van der Waals surface area contributed by atoms with Crippen LogP contribution in [0.5, 0.6) is 0 Å². The first kappa shape index (κ1) is 20.6. The fraction of sp³-hybridized carbons (Fsp3) is 0.269. The van der Waals surface area contributed by atoms with Crippen LogP contribution in [-0.2, 0) is 11.3 Å². The number of hydrogen-bond acceptors (Lipinski definition) is 4. The Kier molecular flexibility index (Phi) is 5.39. The number of rotatable bonds is 4. The highest BCUT2D eigenvalue weighted by molar-refractivity contribution is 7.21. The lowest BCUT2D eigenvalue weighted by Gasteiger charge is -2.20. The highest BCUT2D eigenvalue weighted by atomic mass is 32.1. The Morgan fingerprint density at radius 3 is 2.72 bits per heavy atom. The molecule has 1 saturated heterocycles. The van der Waals surface area contributed by atoms with Gasteiger partial charge in [0.15, 0.2) is 0 Å². The Bertz CT molecular complexity index is 1320. The van der Waals surface area contributed by atoms with Crippen molar-refractivity contribution in [3.63, 3.8) is 0 Å². The number of thiophene rings is 1. The molecule has 1 aliphatic heterocycles. The zero-order valence-electron chi connectivity index (χ0n) is 18.2. The highest BCUT2D eigenvalue weighted by Crippen LogP contribution is 2.40. The van der Waals surface area contributed by atoms with E-state index < -0.39 is 0 Å². The number of aromatic nitrogens is 1. The zero-order valence-corrected chi connectivity index (χ0v) is 19.1. The van der Waals surface area contributed by atoms with Gasteiger partial charge in [0.05, 0.1) is 10.4 Å². The summed E-state index contributed by atoms with van der Waals surface area (Å²) in [7, 11) is 1.86. The minimum atomic E-state index is 0.0309. The summed E-state index contributed by atoms with van der Waals surface area (Å²) in [6.45, 7) is 3.55. The van der Waals surface area contributed by atoms with Gasteiger partial charge in [-0.2, -0.15) is 0 Å². The van der Waals surface area contributed by atoms with Crippen LogP contribution < -0.4 is 0 Å². The number of nitrogens with zero attached hydrogens (tertiary/aromatic N) is 3. The monoisotopic (exact) mass is 443 g/mol. The zero-order chi connectivity index (χ0) is 22.2. The molecule has 0 spiro atoms. The highest BCUT2D eigenvalue weighted by Gasteiger charge is 2.32. The number of pyridine rings is 1. The Balaban J connectivity index is 1.50. The molecule has 1 aliphatic rings. The van der Waals surface area contributed by atoms with Crippen LogP contribution in [0, 0.1) is 0 Å². The molecule has 1 atom stereocenters. The molecule has 0 radical (unpaired) electrons. The summed E-state index contributed by atoms with van der Waals surface area (Å²) in [5.74, 6) is 0.314. The molecule has 5 nitrogen and oxygen atoms in total. The van der Waals surface area contributed by atoms with Gasteiger partial charge in [-0.15, -0.1) is 11.3 Å². The van der Waals surface area contributed by atoms with E-state index in [1.807, 2.05) is 42.3 Å². The number of hydrogen-bond donors (Lipinski definition) is 0. The number of carbonyl (C=O) groups is 2. The first-order valence-corrected chi connectivity index (χ1v) is 11.7. The van der Waals surface area contributed by atoms with E-state index in [1.165, 1.54) is 0 Å². The quantitative estimate of drug-likeness (QED) is 0.443. The molecule has 0 saturated carbocycles. The van der Waals surface area contributed by atoms with Crippen molar-refractivity contribution in [2.75, 3.05) is 20.1 Å². The predicted octanol–water partition coefficient (Wildman–Crippen LogP) is 5.06. The second-order valence-electron chi connectivity index (χ2n) is 8.44. The van der Waals surface area contributed by atoms with Crippen LogP contribution >= 0.6 is 11.3 Å². The average molecular weight is 444 g/mol. The van der Waals surface area contributed by atoms with Crippen LogP contribution in [0.1, 0.15) is 40.1 Å². The van der Waals surface area contributed by atoms with Gasteiger partial charge in [-0.25, -0.2) is 0 Å². The summed E-state index contributed by atoms with van der Waals surface area (Å²) in [4.78, 5) is 34.5. The fourth-order valence-electron chi connectivity index (χ4n) is 4.72. The van der Waals surface area contributed by atoms with Crippen molar-refractivity contribution >= 4 is 44.1 Å². The Morgan fingerprint density at radius 2 is 1.91 bits per heavy atom. The van der Waals surface area contributed by atoms with Gasteiger partial charge in [-0.1, -0.05) is 36.4 Å². The van der Waals surface area contributed by atoms with Gasteiger partial charge in [-0.05, 0) is 41.1 Å². The standard InChI is InChI=1S/C26H25N3O2S/c1-17(30)29-14-12-19(16-29)24-21-8-3-4-11-23(21)32-25(24)26(31)28(2)15-18-7-5-10-22-20(18)9-6-13-27-22/h3-11,13,19H,12,14-16H2,1-2H3. The first-order chi connectivity index (χ1) is 15.5. The Morgan fingerprint density at radius 1 is 1.09 bits per heavy atom. The maximum Gasteiger partial charge on any atom is 0.264 e. The van der Waals surface area contributed by atoms with Gasteiger partial charge < -0.3 is 9.80 Å². The van der Waals surface area contributed by atoms with Gasteiger partial charge in [0, 0.05) is 55.8 Å².